The number of carbonyl (C=O) groups is 1. The van der Waals surface area contributed by atoms with E-state index in [1.165, 1.54) is 13.5 Å². The van der Waals surface area contributed by atoms with Crippen LogP contribution in [-0.2, 0) is 9.53 Å². The van der Waals surface area contributed by atoms with Crippen molar-refractivity contribution >= 4 is 5.97 Å². The lowest BCUT2D eigenvalue weighted by Gasteiger charge is -2.40. The van der Waals surface area contributed by atoms with Crippen molar-refractivity contribution in [3.05, 3.63) is 0 Å². The van der Waals surface area contributed by atoms with Gasteiger partial charge in [-0.05, 0) is 37.5 Å². The molecule has 3 atom stereocenters. The second-order valence-corrected chi connectivity index (χ2v) is 6.02. The molecule has 1 N–H and O–H groups in total. The molecule has 1 fully saturated rings. The van der Waals surface area contributed by atoms with E-state index in [1.807, 2.05) is 6.92 Å². The van der Waals surface area contributed by atoms with Crippen molar-refractivity contribution < 1.29 is 9.53 Å². The molecule has 0 heterocycles. The minimum atomic E-state index is -0.198. The normalized spacial score (nSPS) is 30.8. The smallest absolute Gasteiger partial charge is 0.322 e. The van der Waals surface area contributed by atoms with E-state index in [2.05, 4.69) is 26.1 Å². The Morgan fingerprint density at radius 3 is 2.56 bits per heavy atom. The summed E-state index contributed by atoms with van der Waals surface area (Å²) in [6, 6.07) is 0.240. The van der Waals surface area contributed by atoms with Gasteiger partial charge in [-0.25, -0.2) is 0 Å². The number of esters is 1. The monoisotopic (exact) mass is 227 g/mol. The van der Waals surface area contributed by atoms with Gasteiger partial charge < -0.3 is 10.1 Å². The van der Waals surface area contributed by atoms with Gasteiger partial charge in [-0.2, -0.15) is 0 Å². The average molecular weight is 227 g/mol. The molecule has 16 heavy (non-hydrogen) atoms. The van der Waals surface area contributed by atoms with Gasteiger partial charge >= 0.3 is 5.97 Å². The lowest BCUT2D eigenvalue weighted by atomic mass is 9.70. The highest BCUT2D eigenvalue weighted by atomic mass is 16.5. The Morgan fingerprint density at radius 2 is 2.06 bits per heavy atom. The van der Waals surface area contributed by atoms with Crippen molar-refractivity contribution in [1.82, 2.24) is 5.32 Å². The number of hydrogen-bond donors (Lipinski definition) is 1. The van der Waals surface area contributed by atoms with Gasteiger partial charge in [-0.15, -0.1) is 0 Å². The minimum absolute atomic E-state index is 0.170. The summed E-state index contributed by atoms with van der Waals surface area (Å²) < 4.78 is 4.73. The lowest BCUT2D eigenvalue weighted by Crippen LogP contribution is -2.47. The SMILES string of the molecule is COC(=O)[C@H](C)NC1CC(C)CC(C)(C)C1. The van der Waals surface area contributed by atoms with Crippen molar-refractivity contribution in [1.29, 1.82) is 0 Å². The molecular weight excluding hydrogens is 202 g/mol. The topological polar surface area (TPSA) is 38.3 Å². The molecule has 1 rings (SSSR count). The standard InChI is InChI=1S/C13H25NO2/c1-9-6-11(8-13(3,4)7-9)14-10(2)12(15)16-5/h9-11,14H,6-8H2,1-5H3/t9?,10-,11?/m0/s1. The van der Waals surface area contributed by atoms with Gasteiger partial charge in [0.15, 0.2) is 0 Å². The molecule has 0 saturated heterocycles. The fourth-order valence-electron chi connectivity index (χ4n) is 3.07. The van der Waals surface area contributed by atoms with E-state index in [0.717, 1.165) is 18.8 Å². The zero-order valence-electron chi connectivity index (χ0n) is 11.2. The van der Waals surface area contributed by atoms with Crippen LogP contribution in [0.1, 0.15) is 47.0 Å². The molecule has 1 aliphatic rings. The molecule has 3 nitrogen and oxygen atoms in total. The first-order valence-corrected chi connectivity index (χ1v) is 6.18. The Morgan fingerprint density at radius 1 is 1.44 bits per heavy atom. The van der Waals surface area contributed by atoms with Crippen molar-refractivity contribution in [2.45, 2.75) is 59.0 Å². The summed E-state index contributed by atoms with van der Waals surface area (Å²) >= 11 is 0. The Kier molecular flexibility index (Phi) is 4.36. The summed E-state index contributed by atoms with van der Waals surface area (Å²) in [4.78, 5) is 11.3. The van der Waals surface area contributed by atoms with Gasteiger partial charge in [0.1, 0.15) is 6.04 Å². The second-order valence-electron chi connectivity index (χ2n) is 6.02. The number of nitrogens with one attached hydrogen (secondary N) is 1. The maximum absolute atomic E-state index is 11.3. The second kappa shape index (κ2) is 5.17. The van der Waals surface area contributed by atoms with Gasteiger partial charge in [0.2, 0.25) is 0 Å². The molecule has 1 saturated carbocycles. The van der Waals surface area contributed by atoms with Gasteiger partial charge in [0, 0.05) is 6.04 Å². The van der Waals surface area contributed by atoms with Crippen LogP contribution < -0.4 is 5.32 Å². The quantitative estimate of drug-likeness (QED) is 0.752. The minimum Gasteiger partial charge on any atom is -0.468 e. The summed E-state index contributed by atoms with van der Waals surface area (Å²) in [6.07, 6.45) is 3.57. The first kappa shape index (κ1) is 13.5. The Labute approximate surface area is 98.9 Å². The highest BCUT2D eigenvalue weighted by molar-refractivity contribution is 5.75. The first-order chi connectivity index (χ1) is 7.34. The lowest BCUT2D eigenvalue weighted by molar-refractivity contribution is -0.143. The Hall–Kier alpha value is -0.570. The first-order valence-electron chi connectivity index (χ1n) is 6.18. The highest BCUT2D eigenvalue weighted by Crippen LogP contribution is 2.38. The van der Waals surface area contributed by atoms with Gasteiger partial charge in [-0.1, -0.05) is 20.8 Å². The Balaban J connectivity index is 2.51. The van der Waals surface area contributed by atoms with Crippen LogP contribution in [0.2, 0.25) is 0 Å². The largest absolute Gasteiger partial charge is 0.468 e. The predicted molar refractivity (Wildman–Crippen MR) is 65.2 cm³/mol. The molecule has 0 spiro atoms. The van der Waals surface area contributed by atoms with Crippen LogP contribution in [0.4, 0.5) is 0 Å². The van der Waals surface area contributed by atoms with E-state index in [4.69, 9.17) is 4.74 Å². The molecule has 2 unspecified atom stereocenters. The average Bonchev–Trinajstić information content (AvgIpc) is 2.12. The number of rotatable bonds is 3. The number of methoxy groups -OCH3 is 1. The van der Waals surface area contributed by atoms with E-state index >= 15 is 0 Å². The van der Waals surface area contributed by atoms with Crippen LogP contribution in [0, 0.1) is 11.3 Å². The van der Waals surface area contributed by atoms with Crippen LogP contribution in [0.15, 0.2) is 0 Å². The maximum Gasteiger partial charge on any atom is 0.322 e. The zero-order chi connectivity index (χ0) is 12.3. The third-order valence-corrected chi connectivity index (χ3v) is 3.43. The third-order valence-electron chi connectivity index (χ3n) is 3.43. The van der Waals surface area contributed by atoms with Gasteiger partial charge in [0.25, 0.3) is 0 Å². The fraction of sp³-hybridized carbons (Fsp3) is 0.923. The zero-order valence-corrected chi connectivity index (χ0v) is 11.2. The van der Waals surface area contributed by atoms with Crippen LogP contribution in [0.5, 0.6) is 0 Å². The molecule has 0 radical (unpaired) electrons. The van der Waals surface area contributed by atoms with Crippen LogP contribution in [0.3, 0.4) is 0 Å². The van der Waals surface area contributed by atoms with Crippen molar-refractivity contribution in [2.24, 2.45) is 11.3 Å². The molecule has 0 aromatic heterocycles. The molecule has 0 bridgehead atoms. The van der Waals surface area contributed by atoms with Crippen LogP contribution >= 0.6 is 0 Å². The molecule has 0 aliphatic heterocycles. The molecule has 94 valence electrons. The summed E-state index contributed by atoms with van der Waals surface area (Å²) in [5.41, 5.74) is 0.380. The van der Waals surface area contributed by atoms with E-state index < -0.39 is 0 Å². The maximum atomic E-state index is 11.3. The van der Waals surface area contributed by atoms with Crippen molar-refractivity contribution in [2.75, 3.05) is 7.11 Å². The van der Waals surface area contributed by atoms with Crippen LogP contribution in [0.25, 0.3) is 0 Å². The van der Waals surface area contributed by atoms with Crippen molar-refractivity contribution in [3.8, 4) is 0 Å². The fourth-order valence-corrected chi connectivity index (χ4v) is 3.07. The van der Waals surface area contributed by atoms with Crippen LogP contribution in [-0.4, -0.2) is 25.2 Å². The third kappa shape index (κ3) is 3.78. The predicted octanol–water partition coefficient (Wildman–Crippen LogP) is 2.35. The summed E-state index contributed by atoms with van der Waals surface area (Å²) in [6.45, 7) is 8.77. The molecule has 3 heteroatoms. The molecule has 1 aliphatic carbocycles. The Bertz CT molecular complexity index is 250. The number of ether oxygens (including phenoxy) is 1. The molecule has 0 aromatic rings. The van der Waals surface area contributed by atoms with Gasteiger partial charge in [-0.3, -0.25) is 4.79 Å². The number of carbonyl (C=O) groups excluding carboxylic acids is 1. The summed E-state index contributed by atoms with van der Waals surface area (Å²) in [5.74, 6) is 0.558. The number of hydrogen-bond acceptors (Lipinski definition) is 3. The van der Waals surface area contributed by atoms with Gasteiger partial charge in [0.05, 0.1) is 7.11 Å². The highest BCUT2D eigenvalue weighted by Gasteiger charge is 2.33. The summed E-state index contributed by atoms with van der Waals surface area (Å²) in [7, 11) is 1.44. The van der Waals surface area contributed by atoms with E-state index in [-0.39, 0.29) is 12.0 Å². The molecule has 0 amide bonds. The summed E-state index contributed by atoms with van der Waals surface area (Å²) in [5, 5.41) is 3.38. The molecular formula is C13H25NO2. The van der Waals surface area contributed by atoms with E-state index in [1.54, 1.807) is 0 Å². The van der Waals surface area contributed by atoms with E-state index in [9.17, 15) is 4.79 Å². The van der Waals surface area contributed by atoms with E-state index in [0.29, 0.717) is 11.5 Å². The molecule has 0 aromatic carbocycles. The van der Waals surface area contributed by atoms with Crippen molar-refractivity contribution in [3.63, 3.8) is 0 Å².